The quantitative estimate of drug-likeness (QED) is 0.676. The molecule has 0 aliphatic carbocycles. The second-order valence-electron chi connectivity index (χ2n) is 3.99. The van der Waals surface area contributed by atoms with E-state index in [9.17, 15) is 10.1 Å². The van der Waals surface area contributed by atoms with E-state index in [2.05, 4.69) is 10.3 Å². The Balaban J connectivity index is 2.17. The third-order valence-electron chi connectivity index (χ3n) is 2.61. The number of benzene rings is 1. The fourth-order valence-corrected chi connectivity index (χ4v) is 2.31. The Kier molecular flexibility index (Phi) is 3.57. The van der Waals surface area contributed by atoms with E-state index < -0.39 is 0 Å². The molecule has 0 aliphatic rings. The zero-order chi connectivity index (χ0) is 13.1. The number of rotatable bonds is 4. The van der Waals surface area contributed by atoms with Gasteiger partial charge in [-0.2, -0.15) is 0 Å². The molecular formula is C12H13N3O2S. The molecule has 94 valence electrons. The standard InChI is InChI=1S/C12H13N3O2S/c1-8-7-10(15(16)17)3-4-11(8)14-9(2)12-13-5-6-18-12/h3-7,9,14H,1-2H3. The van der Waals surface area contributed by atoms with Gasteiger partial charge in [0.25, 0.3) is 5.69 Å². The zero-order valence-electron chi connectivity index (χ0n) is 10.1. The van der Waals surface area contributed by atoms with Crippen LogP contribution in [0.25, 0.3) is 0 Å². The Labute approximate surface area is 109 Å². The van der Waals surface area contributed by atoms with E-state index in [0.717, 1.165) is 16.3 Å². The van der Waals surface area contributed by atoms with Crippen molar-refractivity contribution in [3.8, 4) is 0 Å². The molecule has 1 N–H and O–H groups in total. The number of hydrogen-bond acceptors (Lipinski definition) is 5. The minimum absolute atomic E-state index is 0.0881. The summed E-state index contributed by atoms with van der Waals surface area (Å²) in [6, 6.07) is 4.89. The fourth-order valence-electron chi connectivity index (χ4n) is 1.67. The number of thiazole rings is 1. The molecule has 18 heavy (non-hydrogen) atoms. The monoisotopic (exact) mass is 263 g/mol. The van der Waals surface area contributed by atoms with Gasteiger partial charge in [0.15, 0.2) is 0 Å². The topological polar surface area (TPSA) is 68.1 Å². The first-order chi connectivity index (χ1) is 8.58. The molecule has 6 heteroatoms. The highest BCUT2D eigenvalue weighted by Gasteiger charge is 2.12. The Hall–Kier alpha value is -1.95. The lowest BCUT2D eigenvalue weighted by Crippen LogP contribution is -2.07. The van der Waals surface area contributed by atoms with Crippen molar-refractivity contribution in [2.24, 2.45) is 0 Å². The van der Waals surface area contributed by atoms with Gasteiger partial charge in [0.05, 0.1) is 11.0 Å². The van der Waals surface area contributed by atoms with Crippen LogP contribution in [0.2, 0.25) is 0 Å². The molecule has 2 aromatic rings. The summed E-state index contributed by atoms with van der Waals surface area (Å²) in [6.45, 7) is 3.86. The maximum absolute atomic E-state index is 10.7. The summed E-state index contributed by atoms with van der Waals surface area (Å²) in [5.74, 6) is 0. The van der Waals surface area contributed by atoms with Crippen LogP contribution in [0.4, 0.5) is 11.4 Å². The van der Waals surface area contributed by atoms with Crippen LogP contribution in [0.15, 0.2) is 29.8 Å². The molecule has 0 saturated carbocycles. The first-order valence-electron chi connectivity index (χ1n) is 5.49. The number of hydrogen-bond donors (Lipinski definition) is 1. The van der Waals surface area contributed by atoms with Crippen LogP contribution in [-0.2, 0) is 0 Å². The van der Waals surface area contributed by atoms with Crippen molar-refractivity contribution in [1.82, 2.24) is 4.98 Å². The zero-order valence-corrected chi connectivity index (χ0v) is 10.9. The molecule has 1 heterocycles. The predicted octanol–water partition coefficient (Wildman–Crippen LogP) is 3.53. The minimum atomic E-state index is -0.388. The van der Waals surface area contributed by atoms with Gasteiger partial charge in [-0.25, -0.2) is 4.98 Å². The van der Waals surface area contributed by atoms with Crippen molar-refractivity contribution in [3.05, 3.63) is 50.5 Å². The summed E-state index contributed by atoms with van der Waals surface area (Å²) < 4.78 is 0. The van der Waals surface area contributed by atoms with E-state index in [0.29, 0.717) is 0 Å². The second-order valence-corrected chi connectivity index (χ2v) is 4.92. The molecule has 1 aromatic carbocycles. The van der Waals surface area contributed by atoms with E-state index in [4.69, 9.17) is 0 Å². The van der Waals surface area contributed by atoms with Crippen LogP contribution in [0, 0.1) is 17.0 Å². The number of aromatic nitrogens is 1. The normalized spacial score (nSPS) is 12.1. The van der Waals surface area contributed by atoms with E-state index in [1.807, 2.05) is 19.2 Å². The Morgan fingerprint density at radius 1 is 1.50 bits per heavy atom. The molecule has 0 amide bonds. The molecule has 0 bridgehead atoms. The molecule has 0 spiro atoms. The average Bonchev–Trinajstić information content (AvgIpc) is 2.85. The lowest BCUT2D eigenvalue weighted by molar-refractivity contribution is -0.384. The van der Waals surface area contributed by atoms with E-state index in [1.165, 1.54) is 6.07 Å². The predicted molar refractivity (Wildman–Crippen MR) is 72.0 cm³/mol. The molecule has 0 saturated heterocycles. The Bertz CT molecular complexity index is 554. The van der Waals surface area contributed by atoms with Crippen LogP contribution in [-0.4, -0.2) is 9.91 Å². The van der Waals surface area contributed by atoms with Crippen LogP contribution in [0.3, 0.4) is 0 Å². The van der Waals surface area contributed by atoms with Gasteiger partial charge >= 0.3 is 0 Å². The minimum Gasteiger partial charge on any atom is -0.376 e. The molecule has 1 atom stereocenters. The Morgan fingerprint density at radius 3 is 2.83 bits per heavy atom. The maximum Gasteiger partial charge on any atom is 0.269 e. The molecular weight excluding hydrogens is 250 g/mol. The summed E-state index contributed by atoms with van der Waals surface area (Å²) in [5.41, 5.74) is 1.86. The van der Waals surface area contributed by atoms with E-state index >= 15 is 0 Å². The van der Waals surface area contributed by atoms with E-state index in [-0.39, 0.29) is 16.7 Å². The number of nitro benzene ring substituents is 1. The smallest absolute Gasteiger partial charge is 0.269 e. The summed E-state index contributed by atoms with van der Waals surface area (Å²) in [7, 11) is 0. The van der Waals surface area contributed by atoms with Crippen LogP contribution < -0.4 is 5.32 Å². The number of aryl methyl sites for hydroxylation is 1. The van der Waals surface area contributed by atoms with Crippen molar-refractivity contribution >= 4 is 22.7 Å². The van der Waals surface area contributed by atoms with Gasteiger partial charge in [-0.3, -0.25) is 10.1 Å². The highest BCUT2D eigenvalue weighted by molar-refractivity contribution is 7.09. The summed E-state index contributed by atoms with van der Waals surface area (Å²) >= 11 is 1.58. The van der Waals surface area contributed by atoms with E-state index in [1.54, 1.807) is 29.7 Å². The highest BCUT2D eigenvalue weighted by Crippen LogP contribution is 2.26. The third-order valence-corrected chi connectivity index (χ3v) is 3.57. The molecule has 0 fully saturated rings. The van der Waals surface area contributed by atoms with Crippen LogP contribution >= 0.6 is 11.3 Å². The summed E-state index contributed by atoms with van der Waals surface area (Å²) in [4.78, 5) is 14.5. The molecule has 5 nitrogen and oxygen atoms in total. The first kappa shape index (κ1) is 12.5. The summed E-state index contributed by atoms with van der Waals surface area (Å²) in [6.07, 6.45) is 1.76. The van der Waals surface area contributed by atoms with Crippen molar-refractivity contribution in [2.75, 3.05) is 5.32 Å². The summed E-state index contributed by atoms with van der Waals surface area (Å²) in [5, 5.41) is 16.9. The fraction of sp³-hybridized carbons (Fsp3) is 0.250. The molecule has 0 radical (unpaired) electrons. The van der Waals surface area contributed by atoms with Gasteiger partial charge < -0.3 is 5.32 Å². The Morgan fingerprint density at radius 2 is 2.28 bits per heavy atom. The number of nitro groups is 1. The van der Waals surface area contributed by atoms with Crippen LogP contribution in [0.5, 0.6) is 0 Å². The number of nitrogens with one attached hydrogen (secondary N) is 1. The first-order valence-corrected chi connectivity index (χ1v) is 6.37. The van der Waals surface area contributed by atoms with Gasteiger partial charge in [-0.1, -0.05) is 0 Å². The number of anilines is 1. The van der Waals surface area contributed by atoms with Gasteiger partial charge in [0, 0.05) is 29.4 Å². The number of non-ortho nitro benzene ring substituents is 1. The molecule has 2 rings (SSSR count). The second kappa shape index (κ2) is 5.14. The number of nitrogens with zero attached hydrogens (tertiary/aromatic N) is 2. The maximum atomic E-state index is 10.7. The van der Waals surface area contributed by atoms with Crippen molar-refractivity contribution in [3.63, 3.8) is 0 Å². The molecule has 1 aromatic heterocycles. The lowest BCUT2D eigenvalue weighted by Gasteiger charge is -2.14. The highest BCUT2D eigenvalue weighted by atomic mass is 32.1. The average molecular weight is 263 g/mol. The molecule has 1 unspecified atom stereocenters. The van der Waals surface area contributed by atoms with Gasteiger partial charge in [-0.15, -0.1) is 11.3 Å². The van der Waals surface area contributed by atoms with Crippen LogP contribution in [0.1, 0.15) is 23.5 Å². The largest absolute Gasteiger partial charge is 0.376 e. The molecule has 0 aliphatic heterocycles. The van der Waals surface area contributed by atoms with Crippen molar-refractivity contribution < 1.29 is 4.92 Å². The van der Waals surface area contributed by atoms with Gasteiger partial charge in [-0.05, 0) is 25.5 Å². The lowest BCUT2D eigenvalue weighted by atomic mass is 10.1. The SMILES string of the molecule is Cc1cc([N+](=O)[O-])ccc1NC(C)c1nccs1. The van der Waals surface area contributed by atoms with Crippen molar-refractivity contribution in [2.45, 2.75) is 19.9 Å². The van der Waals surface area contributed by atoms with Gasteiger partial charge in [0.2, 0.25) is 0 Å². The third kappa shape index (κ3) is 2.65. The van der Waals surface area contributed by atoms with Crippen molar-refractivity contribution in [1.29, 1.82) is 0 Å². The van der Waals surface area contributed by atoms with Gasteiger partial charge in [0.1, 0.15) is 5.01 Å².